The highest BCUT2D eigenvalue weighted by Crippen LogP contribution is 2.25. The van der Waals surface area contributed by atoms with Crippen molar-refractivity contribution in [2.45, 2.75) is 25.7 Å². The van der Waals surface area contributed by atoms with E-state index >= 15 is 0 Å². The van der Waals surface area contributed by atoms with Gasteiger partial charge in [0.15, 0.2) is 0 Å². The second kappa shape index (κ2) is 8.29. The number of hydrogen-bond acceptors (Lipinski definition) is 4. The normalized spacial score (nSPS) is 28.0. The van der Waals surface area contributed by atoms with E-state index in [-0.39, 0.29) is 23.7 Å². The first-order valence-electron chi connectivity index (χ1n) is 8.11. The highest BCUT2D eigenvalue weighted by Gasteiger charge is 2.30. The Morgan fingerprint density at radius 2 is 1.32 bits per heavy atom. The van der Waals surface area contributed by atoms with Crippen molar-refractivity contribution in [3.05, 3.63) is 12.2 Å². The van der Waals surface area contributed by atoms with Crippen molar-refractivity contribution in [2.24, 2.45) is 23.7 Å². The highest BCUT2D eigenvalue weighted by molar-refractivity contribution is 5.71. The number of nitrogens with one attached hydrogen (secondary N) is 2. The molecule has 2 saturated heterocycles. The Kier molecular flexibility index (Phi) is 6.39. The highest BCUT2D eigenvalue weighted by atomic mass is 16.4. The average Bonchev–Trinajstić information content (AvgIpc) is 3.14. The Morgan fingerprint density at radius 3 is 1.59 bits per heavy atom. The van der Waals surface area contributed by atoms with Crippen LogP contribution < -0.4 is 10.6 Å². The van der Waals surface area contributed by atoms with Gasteiger partial charge in [0.2, 0.25) is 0 Å². The maximum absolute atomic E-state index is 11.4. The number of aliphatic carboxylic acids is 2. The SMILES string of the molecule is O=C(O)C(C/C=C/CC(C(=O)O)C1CCNC1)C1CCNC1. The molecule has 2 heterocycles. The van der Waals surface area contributed by atoms with E-state index in [9.17, 15) is 19.8 Å². The molecule has 2 aliphatic rings. The molecule has 0 aromatic rings. The molecule has 0 amide bonds. The Morgan fingerprint density at radius 1 is 0.909 bits per heavy atom. The summed E-state index contributed by atoms with van der Waals surface area (Å²) in [7, 11) is 0. The number of carboxylic acid groups (broad SMARTS) is 2. The fourth-order valence-corrected chi connectivity index (χ4v) is 3.52. The van der Waals surface area contributed by atoms with E-state index in [0.717, 1.165) is 39.0 Å². The van der Waals surface area contributed by atoms with Gasteiger partial charge < -0.3 is 20.8 Å². The molecule has 6 nitrogen and oxygen atoms in total. The lowest BCUT2D eigenvalue weighted by molar-refractivity contribution is -0.144. The van der Waals surface area contributed by atoms with Crippen LogP contribution >= 0.6 is 0 Å². The number of carbonyl (C=O) groups is 2. The Hall–Kier alpha value is -1.40. The molecule has 0 spiro atoms. The molecule has 4 N–H and O–H groups in total. The standard InChI is InChI=1S/C16H26N2O4/c19-15(20)13(11-5-7-17-9-11)3-1-2-4-14(16(21)22)12-6-8-18-10-12/h1-2,11-14,17-18H,3-10H2,(H,19,20)(H,21,22)/b2-1+. The summed E-state index contributed by atoms with van der Waals surface area (Å²) in [4.78, 5) is 22.7. The van der Waals surface area contributed by atoms with Crippen LogP contribution in [-0.2, 0) is 9.59 Å². The largest absolute Gasteiger partial charge is 0.481 e. The molecule has 0 aliphatic carbocycles. The third-order valence-electron chi connectivity index (χ3n) is 4.92. The molecule has 6 heteroatoms. The molecule has 0 radical (unpaired) electrons. The van der Waals surface area contributed by atoms with Gasteiger partial charge >= 0.3 is 11.9 Å². The molecule has 4 atom stereocenters. The quantitative estimate of drug-likeness (QED) is 0.498. The van der Waals surface area contributed by atoms with Crippen molar-refractivity contribution < 1.29 is 19.8 Å². The van der Waals surface area contributed by atoms with Crippen LogP contribution in [0.5, 0.6) is 0 Å². The molecule has 0 aromatic heterocycles. The van der Waals surface area contributed by atoms with Crippen molar-refractivity contribution >= 4 is 11.9 Å². The lowest BCUT2D eigenvalue weighted by Crippen LogP contribution is -2.25. The summed E-state index contributed by atoms with van der Waals surface area (Å²) in [5.41, 5.74) is 0. The Bertz CT molecular complexity index is 374. The molecule has 2 aliphatic heterocycles. The molecule has 0 aromatic carbocycles. The Labute approximate surface area is 131 Å². The predicted molar refractivity (Wildman–Crippen MR) is 82.6 cm³/mol. The molecule has 0 saturated carbocycles. The number of carboxylic acids is 2. The van der Waals surface area contributed by atoms with E-state index < -0.39 is 11.9 Å². The molecule has 4 unspecified atom stereocenters. The van der Waals surface area contributed by atoms with Gasteiger partial charge in [0.25, 0.3) is 0 Å². The number of allylic oxidation sites excluding steroid dienone is 2. The molecule has 0 bridgehead atoms. The minimum absolute atomic E-state index is 0.177. The summed E-state index contributed by atoms with van der Waals surface area (Å²) in [6, 6.07) is 0. The maximum Gasteiger partial charge on any atom is 0.307 e. The van der Waals surface area contributed by atoms with Crippen LogP contribution in [0.2, 0.25) is 0 Å². The van der Waals surface area contributed by atoms with Gasteiger partial charge in [0.1, 0.15) is 0 Å². The first-order valence-corrected chi connectivity index (χ1v) is 8.11. The lowest BCUT2D eigenvalue weighted by Gasteiger charge is -2.18. The summed E-state index contributed by atoms with van der Waals surface area (Å²) < 4.78 is 0. The summed E-state index contributed by atoms with van der Waals surface area (Å²) in [5, 5.41) is 25.1. The summed E-state index contributed by atoms with van der Waals surface area (Å²) in [6.45, 7) is 3.29. The smallest absolute Gasteiger partial charge is 0.307 e. The van der Waals surface area contributed by atoms with Crippen molar-refractivity contribution in [3.8, 4) is 0 Å². The van der Waals surface area contributed by atoms with Crippen LogP contribution in [0, 0.1) is 23.7 Å². The lowest BCUT2D eigenvalue weighted by atomic mass is 9.87. The van der Waals surface area contributed by atoms with E-state index in [0.29, 0.717) is 12.8 Å². The molecule has 2 rings (SSSR count). The minimum Gasteiger partial charge on any atom is -0.481 e. The zero-order valence-corrected chi connectivity index (χ0v) is 12.8. The van der Waals surface area contributed by atoms with E-state index in [2.05, 4.69) is 10.6 Å². The van der Waals surface area contributed by atoms with Crippen LogP contribution in [0.1, 0.15) is 25.7 Å². The molecular formula is C16H26N2O4. The van der Waals surface area contributed by atoms with Gasteiger partial charge in [-0.1, -0.05) is 12.2 Å². The zero-order valence-electron chi connectivity index (χ0n) is 12.8. The van der Waals surface area contributed by atoms with Gasteiger partial charge in [-0.2, -0.15) is 0 Å². The van der Waals surface area contributed by atoms with Gasteiger partial charge in [-0.25, -0.2) is 0 Å². The Balaban J connectivity index is 1.84. The topological polar surface area (TPSA) is 98.7 Å². The summed E-state index contributed by atoms with van der Waals surface area (Å²) in [6.07, 6.45) is 6.48. The molecular weight excluding hydrogens is 284 g/mol. The average molecular weight is 310 g/mol. The summed E-state index contributed by atoms with van der Waals surface area (Å²) in [5.74, 6) is -1.90. The van der Waals surface area contributed by atoms with E-state index in [4.69, 9.17) is 0 Å². The minimum atomic E-state index is -0.756. The monoisotopic (exact) mass is 310 g/mol. The van der Waals surface area contributed by atoms with Gasteiger partial charge in [-0.3, -0.25) is 9.59 Å². The molecule has 22 heavy (non-hydrogen) atoms. The fraction of sp³-hybridized carbons (Fsp3) is 0.750. The zero-order chi connectivity index (χ0) is 15.9. The van der Waals surface area contributed by atoms with Gasteiger partial charge in [0, 0.05) is 0 Å². The van der Waals surface area contributed by atoms with Crippen LogP contribution in [-0.4, -0.2) is 48.3 Å². The molecule has 124 valence electrons. The second-order valence-electron chi connectivity index (χ2n) is 6.34. The third-order valence-corrected chi connectivity index (χ3v) is 4.92. The predicted octanol–water partition coefficient (Wildman–Crippen LogP) is 0.943. The van der Waals surface area contributed by atoms with Crippen LogP contribution in [0.25, 0.3) is 0 Å². The second-order valence-corrected chi connectivity index (χ2v) is 6.34. The van der Waals surface area contributed by atoms with Crippen molar-refractivity contribution in [2.75, 3.05) is 26.2 Å². The van der Waals surface area contributed by atoms with Crippen LogP contribution in [0.15, 0.2) is 12.2 Å². The fourth-order valence-electron chi connectivity index (χ4n) is 3.52. The van der Waals surface area contributed by atoms with Crippen LogP contribution in [0.4, 0.5) is 0 Å². The first kappa shape index (κ1) is 17.0. The summed E-state index contributed by atoms with van der Waals surface area (Å²) >= 11 is 0. The third kappa shape index (κ3) is 4.55. The maximum atomic E-state index is 11.4. The first-order chi connectivity index (χ1) is 10.6. The van der Waals surface area contributed by atoms with Crippen molar-refractivity contribution in [1.82, 2.24) is 10.6 Å². The number of rotatable bonds is 8. The van der Waals surface area contributed by atoms with Gasteiger partial charge in [-0.15, -0.1) is 0 Å². The number of hydrogen-bond donors (Lipinski definition) is 4. The van der Waals surface area contributed by atoms with Crippen LogP contribution in [0.3, 0.4) is 0 Å². The van der Waals surface area contributed by atoms with E-state index in [1.54, 1.807) is 0 Å². The van der Waals surface area contributed by atoms with Gasteiger partial charge in [0.05, 0.1) is 11.8 Å². The van der Waals surface area contributed by atoms with Gasteiger partial charge in [-0.05, 0) is 63.7 Å². The van der Waals surface area contributed by atoms with E-state index in [1.807, 2.05) is 12.2 Å². The van der Waals surface area contributed by atoms with Crippen molar-refractivity contribution in [3.63, 3.8) is 0 Å². The van der Waals surface area contributed by atoms with Crippen molar-refractivity contribution in [1.29, 1.82) is 0 Å². The molecule has 2 fully saturated rings. The van der Waals surface area contributed by atoms with E-state index in [1.165, 1.54) is 0 Å².